The Morgan fingerprint density at radius 3 is 2.59 bits per heavy atom. The van der Waals surface area contributed by atoms with Crippen LogP contribution in [0.4, 0.5) is 0 Å². The van der Waals surface area contributed by atoms with E-state index < -0.39 is 0 Å². The van der Waals surface area contributed by atoms with Crippen LogP contribution in [0.5, 0.6) is 0 Å². The minimum Gasteiger partial charge on any atom is -0.299 e. The summed E-state index contributed by atoms with van der Waals surface area (Å²) in [5.74, 6) is 2.46. The molecule has 0 saturated heterocycles. The largest absolute Gasteiger partial charge is 0.299 e. The second-order valence-corrected chi connectivity index (χ2v) is 6.45. The van der Waals surface area contributed by atoms with E-state index in [9.17, 15) is 5.26 Å². The molecule has 0 aromatic heterocycles. The number of hydrogen-bond donors (Lipinski definition) is 1. The monoisotopic (exact) mass is 234 g/mol. The molecule has 2 fully saturated rings. The first kappa shape index (κ1) is 12.9. The highest BCUT2D eigenvalue weighted by Crippen LogP contribution is 2.35. The lowest BCUT2D eigenvalue weighted by Crippen LogP contribution is -2.44. The molecule has 2 unspecified atom stereocenters. The molecule has 0 spiro atoms. The van der Waals surface area contributed by atoms with E-state index in [1.807, 2.05) is 0 Å². The van der Waals surface area contributed by atoms with E-state index in [0.717, 1.165) is 37.1 Å². The van der Waals surface area contributed by atoms with Crippen molar-refractivity contribution in [2.24, 2.45) is 17.8 Å². The zero-order chi connectivity index (χ0) is 12.3. The minimum atomic E-state index is -0.202. The van der Waals surface area contributed by atoms with E-state index in [1.165, 1.54) is 32.1 Å². The van der Waals surface area contributed by atoms with E-state index in [2.05, 4.69) is 25.2 Å². The standard InChI is InChI=1S/C15H26N2/c1-12(2)14-4-3-8-15(11-16,9-7-14)17-10-13-5-6-13/h12-14,17H,3-10H2,1-2H3. The van der Waals surface area contributed by atoms with E-state index >= 15 is 0 Å². The van der Waals surface area contributed by atoms with Crippen LogP contribution in [-0.4, -0.2) is 12.1 Å². The molecule has 0 amide bonds. The average molecular weight is 234 g/mol. The summed E-state index contributed by atoms with van der Waals surface area (Å²) < 4.78 is 0. The quantitative estimate of drug-likeness (QED) is 0.756. The van der Waals surface area contributed by atoms with Gasteiger partial charge in [-0.25, -0.2) is 0 Å². The fourth-order valence-electron chi connectivity index (χ4n) is 3.02. The van der Waals surface area contributed by atoms with Crippen molar-refractivity contribution in [3.05, 3.63) is 0 Å². The third-order valence-corrected chi connectivity index (χ3v) is 4.70. The third kappa shape index (κ3) is 3.45. The Labute approximate surface area is 106 Å². The van der Waals surface area contributed by atoms with Crippen molar-refractivity contribution < 1.29 is 0 Å². The predicted molar refractivity (Wildman–Crippen MR) is 70.5 cm³/mol. The van der Waals surface area contributed by atoms with Crippen molar-refractivity contribution in [2.45, 2.75) is 64.3 Å². The number of nitrogens with zero attached hydrogens (tertiary/aromatic N) is 1. The molecular weight excluding hydrogens is 208 g/mol. The fourth-order valence-corrected chi connectivity index (χ4v) is 3.02. The van der Waals surface area contributed by atoms with E-state index in [4.69, 9.17) is 0 Å². The van der Waals surface area contributed by atoms with Gasteiger partial charge in [0.25, 0.3) is 0 Å². The molecule has 2 nitrogen and oxygen atoms in total. The normalized spacial score (nSPS) is 34.4. The van der Waals surface area contributed by atoms with E-state index in [1.54, 1.807) is 0 Å². The van der Waals surface area contributed by atoms with Crippen LogP contribution >= 0.6 is 0 Å². The minimum absolute atomic E-state index is 0.202. The topological polar surface area (TPSA) is 35.8 Å². The van der Waals surface area contributed by atoms with Gasteiger partial charge in [0.1, 0.15) is 5.54 Å². The van der Waals surface area contributed by atoms with Crippen LogP contribution < -0.4 is 5.32 Å². The first-order valence-electron chi connectivity index (χ1n) is 7.31. The molecule has 2 heteroatoms. The molecule has 0 radical (unpaired) electrons. The lowest BCUT2D eigenvalue weighted by molar-refractivity contribution is 0.320. The van der Waals surface area contributed by atoms with Crippen LogP contribution in [0.1, 0.15) is 58.8 Å². The summed E-state index contributed by atoms with van der Waals surface area (Å²) in [4.78, 5) is 0. The third-order valence-electron chi connectivity index (χ3n) is 4.70. The Morgan fingerprint density at radius 2 is 2.00 bits per heavy atom. The lowest BCUT2D eigenvalue weighted by atomic mass is 9.87. The SMILES string of the molecule is CC(C)C1CCCC(C#N)(NCC2CC2)CC1. The Hall–Kier alpha value is -0.550. The van der Waals surface area contributed by atoms with Gasteiger partial charge >= 0.3 is 0 Å². The maximum Gasteiger partial charge on any atom is 0.106 e. The van der Waals surface area contributed by atoms with Gasteiger partial charge in [0.15, 0.2) is 0 Å². The smallest absolute Gasteiger partial charge is 0.106 e. The number of nitrogens with one attached hydrogen (secondary N) is 1. The summed E-state index contributed by atoms with van der Waals surface area (Å²) in [6, 6.07) is 2.59. The maximum absolute atomic E-state index is 9.51. The van der Waals surface area contributed by atoms with Crippen molar-refractivity contribution in [3.8, 4) is 6.07 Å². The molecule has 1 N–H and O–H groups in total. The average Bonchev–Trinajstić information content (AvgIpc) is 3.13. The number of nitriles is 1. The summed E-state index contributed by atoms with van der Waals surface area (Å²) in [5.41, 5.74) is -0.202. The van der Waals surface area contributed by atoms with Crippen LogP contribution in [0.2, 0.25) is 0 Å². The second kappa shape index (κ2) is 5.40. The summed E-state index contributed by atoms with van der Waals surface area (Å²) in [6.45, 7) is 5.71. The van der Waals surface area contributed by atoms with Crippen molar-refractivity contribution >= 4 is 0 Å². The van der Waals surface area contributed by atoms with Gasteiger partial charge in [0, 0.05) is 0 Å². The molecule has 2 rings (SSSR count). The molecule has 2 aliphatic carbocycles. The van der Waals surface area contributed by atoms with Crippen LogP contribution in [0.3, 0.4) is 0 Å². The second-order valence-electron chi connectivity index (χ2n) is 6.45. The highest BCUT2D eigenvalue weighted by Gasteiger charge is 2.35. The predicted octanol–water partition coefficient (Wildman–Crippen LogP) is 3.48. The molecule has 0 bridgehead atoms. The van der Waals surface area contributed by atoms with Crippen molar-refractivity contribution in [3.63, 3.8) is 0 Å². The molecule has 2 saturated carbocycles. The summed E-state index contributed by atoms with van der Waals surface area (Å²) in [7, 11) is 0. The van der Waals surface area contributed by atoms with Crippen LogP contribution in [0.15, 0.2) is 0 Å². The van der Waals surface area contributed by atoms with Gasteiger partial charge in [-0.05, 0) is 56.4 Å². The van der Waals surface area contributed by atoms with Crippen LogP contribution in [0, 0.1) is 29.1 Å². The Kier molecular flexibility index (Phi) is 4.09. The molecule has 96 valence electrons. The molecule has 0 aromatic rings. The van der Waals surface area contributed by atoms with Gasteiger partial charge in [0.2, 0.25) is 0 Å². The molecule has 0 heterocycles. The maximum atomic E-state index is 9.51. The Balaban J connectivity index is 1.90. The van der Waals surface area contributed by atoms with Gasteiger partial charge in [-0.3, -0.25) is 5.32 Å². The highest BCUT2D eigenvalue weighted by atomic mass is 15.0. The number of hydrogen-bond acceptors (Lipinski definition) is 2. The first-order valence-corrected chi connectivity index (χ1v) is 7.31. The molecule has 0 aromatic carbocycles. The summed E-state index contributed by atoms with van der Waals surface area (Å²) >= 11 is 0. The van der Waals surface area contributed by atoms with E-state index in [0.29, 0.717) is 0 Å². The molecule has 17 heavy (non-hydrogen) atoms. The van der Waals surface area contributed by atoms with Gasteiger partial charge in [-0.1, -0.05) is 26.7 Å². The van der Waals surface area contributed by atoms with Gasteiger partial charge in [0.05, 0.1) is 6.07 Å². The van der Waals surface area contributed by atoms with Crippen molar-refractivity contribution in [1.82, 2.24) is 5.32 Å². The Bertz CT molecular complexity index is 288. The van der Waals surface area contributed by atoms with Gasteiger partial charge < -0.3 is 0 Å². The number of rotatable bonds is 4. The molecule has 2 atom stereocenters. The lowest BCUT2D eigenvalue weighted by Gasteiger charge is -2.27. The summed E-state index contributed by atoms with van der Waals surface area (Å²) in [6.07, 6.45) is 8.59. The summed E-state index contributed by atoms with van der Waals surface area (Å²) in [5, 5.41) is 13.1. The first-order chi connectivity index (χ1) is 8.15. The zero-order valence-electron chi connectivity index (χ0n) is 11.3. The Morgan fingerprint density at radius 1 is 1.24 bits per heavy atom. The van der Waals surface area contributed by atoms with Crippen LogP contribution in [0.25, 0.3) is 0 Å². The fraction of sp³-hybridized carbons (Fsp3) is 0.933. The zero-order valence-corrected chi connectivity index (χ0v) is 11.3. The van der Waals surface area contributed by atoms with Gasteiger partial charge in [-0.15, -0.1) is 0 Å². The highest BCUT2D eigenvalue weighted by molar-refractivity contribution is 5.08. The van der Waals surface area contributed by atoms with E-state index in [-0.39, 0.29) is 5.54 Å². The van der Waals surface area contributed by atoms with Crippen molar-refractivity contribution in [2.75, 3.05) is 6.54 Å². The van der Waals surface area contributed by atoms with Crippen LogP contribution in [-0.2, 0) is 0 Å². The molecule has 2 aliphatic rings. The molecular formula is C15H26N2. The van der Waals surface area contributed by atoms with Crippen molar-refractivity contribution in [1.29, 1.82) is 5.26 Å². The molecule has 0 aliphatic heterocycles. The van der Waals surface area contributed by atoms with Gasteiger partial charge in [-0.2, -0.15) is 5.26 Å².